The van der Waals surface area contributed by atoms with Gasteiger partial charge in [-0.15, -0.1) is 0 Å². The van der Waals surface area contributed by atoms with Gasteiger partial charge in [-0.1, -0.05) is 30.3 Å². The largest absolute Gasteiger partial charge is 0.497 e. The topological polar surface area (TPSA) is 58.1 Å². The summed E-state index contributed by atoms with van der Waals surface area (Å²) in [6.07, 6.45) is 3.50. The number of para-hydroxylation sites is 1. The van der Waals surface area contributed by atoms with E-state index in [0.29, 0.717) is 6.54 Å². The first-order chi connectivity index (χ1) is 15.3. The van der Waals surface area contributed by atoms with Crippen LogP contribution in [0.15, 0.2) is 53.5 Å². The Hall–Kier alpha value is -2.73. The molecule has 0 amide bonds. The van der Waals surface area contributed by atoms with E-state index in [9.17, 15) is 0 Å². The third-order valence-corrected chi connectivity index (χ3v) is 5.43. The number of methoxy groups -OCH3 is 1. The standard InChI is InChI=1S/C25H36N4O2/c1-3-31-18-8-15-26-25(27-19-21-11-13-23(30-2)14-12-21)28-20-22-9-4-5-10-24(22)29-16-6-7-17-29/h4-5,9-14H,3,6-8,15-20H2,1-2H3,(H2,26,27,28). The second-order valence-electron chi connectivity index (χ2n) is 7.67. The zero-order chi connectivity index (χ0) is 21.7. The van der Waals surface area contributed by atoms with Crippen molar-refractivity contribution in [2.75, 3.05) is 44.9 Å². The molecule has 168 valence electrons. The van der Waals surface area contributed by atoms with E-state index in [-0.39, 0.29) is 0 Å². The molecule has 31 heavy (non-hydrogen) atoms. The molecule has 0 bridgehead atoms. The molecule has 0 spiro atoms. The first-order valence-electron chi connectivity index (χ1n) is 11.4. The van der Waals surface area contributed by atoms with Gasteiger partial charge in [-0.2, -0.15) is 0 Å². The van der Waals surface area contributed by atoms with Crippen LogP contribution in [0.25, 0.3) is 0 Å². The van der Waals surface area contributed by atoms with E-state index < -0.39 is 0 Å². The normalized spacial score (nSPS) is 14.0. The van der Waals surface area contributed by atoms with E-state index in [2.05, 4.69) is 51.9 Å². The fourth-order valence-corrected chi connectivity index (χ4v) is 3.71. The van der Waals surface area contributed by atoms with Crippen molar-refractivity contribution in [3.05, 3.63) is 59.7 Å². The van der Waals surface area contributed by atoms with Crippen molar-refractivity contribution in [1.29, 1.82) is 0 Å². The molecule has 0 atom stereocenters. The van der Waals surface area contributed by atoms with Gasteiger partial charge in [0.05, 0.1) is 13.7 Å². The third kappa shape index (κ3) is 7.47. The molecular weight excluding hydrogens is 388 g/mol. The van der Waals surface area contributed by atoms with E-state index in [1.807, 2.05) is 19.1 Å². The molecular formula is C25H36N4O2. The van der Waals surface area contributed by atoms with Gasteiger partial charge >= 0.3 is 0 Å². The maximum Gasteiger partial charge on any atom is 0.191 e. The van der Waals surface area contributed by atoms with Crippen molar-refractivity contribution in [1.82, 2.24) is 10.6 Å². The highest BCUT2D eigenvalue weighted by Crippen LogP contribution is 2.24. The third-order valence-electron chi connectivity index (χ3n) is 5.43. The lowest BCUT2D eigenvalue weighted by molar-refractivity contribution is 0.145. The van der Waals surface area contributed by atoms with E-state index >= 15 is 0 Å². The number of rotatable bonds is 11. The molecule has 0 aromatic heterocycles. The van der Waals surface area contributed by atoms with Crippen molar-refractivity contribution >= 4 is 11.6 Å². The van der Waals surface area contributed by atoms with Gasteiger partial charge in [-0.25, -0.2) is 4.99 Å². The molecule has 0 aliphatic carbocycles. The lowest BCUT2D eigenvalue weighted by Gasteiger charge is -2.22. The summed E-state index contributed by atoms with van der Waals surface area (Å²) in [4.78, 5) is 7.30. The fraction of sp³-hybridized carbons (Fsp3) is 0.480. The molecule has 6 nitrogen and oxygen atoms in total. The molecule has 1 aliphatic rings. The van der Waals surface area contributed by atoms with Crippen LogP contribution in [0.3, 0.4) is 0 Å². The van der Waals surface area contributed by atoms with Gasteiger partial charge in [0, 0.05) is 45.1 Å². The smallest absolute Gasteiger partial charge is 0.191 e. The van der Waals surface area contributed by atoms with Crippen LogP contribution >= 0.6 is 0 Å². The van der Waals surface area contributed by atoms with Crippen molar-refractivity contribution in [2.45, 2.75) is 39.3 Å². The Kier molecular flexibility index (Phi) is 9.51. The lowest BCUT2D eigenvalue weighted by atomic mass is 10.1. The van der Waals surface area contributed by atoms with Crippen molar-refractivity contribution in [2.24, 2.45) is 4.99 Å². The van der Waals surface area contributed by atoms with Crippen molar-refractivity contribution in [3.63, 3.8) is 0 Å². The SMILES string of the molecule is CCOCCCNC(=NCc1ccc(OC)cc1)NCc1ccccc1N1CCCC1. The summed E-state index contributed by atoms with van der Waals surface area (Å²) < 4.78 is 10.7. The van der Waals surface area contributed by atoms with Crippen LogP contribution in [0.2, 0.25) is 0 Å². The lowest BCUT2D eigenvalue weighted by Crippen LogP contribution is -2.38. The molecule has 6 heteroatoms. The quantitative estimate of drug-likeness (QED) is 0.325. The molecule has 2 aromatic carbocycles. The zero-order valence-electron chi connectivity index (χ0n) is 18.9. The van der Waals surface area contributed by atoms with Crippen molar-refractivity contribution in [3.8, 4) is 5.75 Å². The van der Waals surface area contributed by atoms with E-state index in [0.717, 1.165) is 63.1 Å². The summed E-state index contributed by atoms with van der Waals surface area (Å²) in [7, 11) is 1.68. The molecule has 1 heterocycles. The molecule has 1 saturated heterocycles. The first-order valence-corrected chi connectivity index (χ1v) is 11.4. The Morgan fingerprint density at radius 1 is 1.03 bits per heavy atom. The summed E-state index contributed by atoms with van der Waals surface area (Å²) in [5.74, 6) is 1.68. The first kappa shape index (κ1) is 22.9. The van der Waals surface area contributed by atoms with Crippen molar-refractivity contribution < 1.29 is 9.47 Å². The van der Waals surface area contributed by atoms with E-state index in [4.69, 9.17) is 14.5 Å². The number of nitrogens with one attached hydrogen (secondary N) is 2. The maximum absolute atomic E-state index is 5.45. The Morgan fingerprint density at radius 3 is 2.55 bits per heavy atom. The predicted molar refractivity (Wildman–Crippen MR) is 128 cm³/mol. The summed E-state index contributed by atoms with van der Waals surface area (Å²) in [5.41, 5.74) is 3.78. The molecule has 1 aliphatic heterocycles. The van der Waals surface area contributed by atoms with Crippen LogP contribution < -0.4 is 20.3 Å². The van der Waals surface area contributed by atoms with Gasteiger partial charge in [0.15, 0.2) is 5.96 Å². The Bertz CT molecular complexity index is 801. The maximum atomic E-state index is 5.45. The van der Waals surface area contributed by atoms with Crippen LogP contribution in [0.4, 0.5) is 5.69 Å². The second kappa shape index (κ2) is 12.8. The molecule has 3 rings (SSSR count). The van der Waals surface area contributed by atoms with Gasteiger partial charge in [0.1, 0.15) is 5.75 Å². The summed E-state index contributed by atoms with van der Waals surface area (Å²) in [6, 6.07) is 16.7. The number of hydrogen-bond acceptors (Lipinski definition) is 4. The number of benzene rings is 2. The predicted octanol–water partition coefficient (Wildman–Crippen LogP) is 3.96. The minimum absolute atomic E-state index is 0.610. The zero-order valence-corrected chi connectivity index (χ0v) is 18.9. The van der Waals surface area contributed by atoms with Gasteiger partial charge in [0.2, 0.25) is 0 Å². The molecule has 0 radical (unpaired) electrons. The highest BCUT2D eigenvalue weighted by molar-refractivity contribution is 5.80. The number of hydrogen-bond donors (Lipinski definition) is 2. The molecule has 0 saturated carbocycles. The fourth-order valence-electron chi connectivity index (χ4n) is 3.71. The monoisotopic (exact) mass is 424 g/mol. The second-order valence-corrected chi connectivity index (χ2v) is 7.67. The Morgan fingerprint density at radius 2 is 1.81 bits per heavy atom. The van der Waals surface area contributed by atoms with Crippen LogP contribution in [-0.4, -0.2) is 45.9 Å². The van der Waals surface area contributed by atoms with E-state index in [1.54, 1.807) is 7.11 Å². The van der Waals surface area contributed by atoms with Crippen LogP contribution in [-0.2, 0) is 17.8 Å². The minimum Gasteiger partial charge on any atom is -0.497 e. The molecule has 1 fully saturated rings. The number of ether oxygens (including phenoxy) is 2. The van der Waals surface area contributed by atoms with Gasteiger partial charge < -0.3 is 25.0 Å². The molecule has 0 unspecified atom stereocenters. The highest BCUT2D eigenvalue weighted by atomic mass is 16.5. The summed E-state index contributed by atoms with van der Waals surface area (Å²) >= 11 is 0. The molecule has 2 aromatic rings. The van der Waals surface area contributed by atoms with Gasteiger partial charge in [-0.05, 0) is 55.5 Å². The van der Waals surface area contributed by atoms with E-state index in [1.165, 1.54) is 24.1 Å². The molecule has 2 N–H and O–H groups in total. The average molecular weight is 425 g/mol. The van der Waals surface area contributed by atoms with Gasteiger partial charge in [0.25, 0.3) is 0 Å². The number of guanidine groups is 1. The van der Waals surface area contributed by atoms with Gasteiger partial charge in [-0.3, -0.25) is 0 Å². The summed E-state index contributed by atoms with van der Waals surface area (Å²) in [6.45, 7) is 8.00. The van der Waals surface area contributed by atoms with Crippen LogP contribution in [0, 0.1) is 0 Å². The van der Waals surface area contributed by atoms with Crippen LogP contribution in [0.5, 0.6) is 5.75 Å². The number of anilines is 1. The minimum atomic E-state index is 0.610. The Labute approximate surface area is 186 Å². The number of aliphatic imine (C=N–C) groups is 1. The highest BCUT2D eigenvalue weighted by Gasteiger charge is 2.15. The number of nitrogens with zero attached hydrogens (tertiary/aromatic N) is 2. The van der Waals surface area contributed by atoms with Crippen LogP contribution in [0.1, 0.15) is 37.3 Å². The average Bonchev–Trinajstić information content (AvgIpc) is 3.35. The Balaban J connectivity index is 1.63. The summed E-state index contributed by atoms with van der Waals surface area (Å²) in [5, 5.41) is 6.98.